The highest BCUT2D eigenvalue weighted by atomic mass is 16.1. The Labute approximate surface area is 113 Å². The van der Waals surface area contributed by atoms with Crippen molar-refractivity contribution in [3.05, 3.63) is 41.1 Å². The van der Waals surface area contributed by atoms with Crippen LogP contribution in [0.15, 0.2) is 29.4 Å². The fourth-order valence-electron chi connectivity index (χ4n) is 2.33. The number of hydrogen-bond acceptors (Lipinski definition) is 2. The van der Waals surface area contributed by atoms with Crippen LogP contribution in [0.5, 0.6) is 0 Å². The van der Waals surface area contributed by atoms with Gasteiger partial charge in [0.15, 0.2) is 0 Å². The molecule has 1 aromatic rings. The summed E-state index contributed by atoms with van der Waals surface area (Å²) in [6, 6.07) is 6.46. The average molecular weight is 254 g/mol. The molecule has 1 N–H and O–H groups in total. The summed E-state index contributed by atoms with van der Waals surface area (Å²) in [5.41, 5.74) is 4.25. The van der Waals surface area contributed by atoms with Crippen molar-refractivity contribution in [2.75, 3.05) is 0 Å². The van der Waals surface area contributed by atoms with Gasteiger partial charge in [-0.15, -0.1) is 0 Å². The number of nitrogens with zero attached hydrogens (tertiary/aromatic N) is 1. The van der Waals surface area contributed by atoms with Gasteiger partial charge in [-0.3, -0.25) is 9.79 Å². The van der Waals surface area contributed by atoms with E-state index in [4.69, 9.17) is 0 Å². The molecule has 1 aliphatic carbocycles. The Balaban J connectivity index is 1.82. The van der Waals surface area contributed by atoms with E-state index in [1.165, 1.54) is 11.1 Å². The molecule has 19 heavy (non-hydrogen) atoms. The highest BCUT2D eigenvalue weighted by Gasteiger charge is 2.24. The molecule has 0 unspecified atom stereocenters. The molecule has 0 atom stereocenters. The number of rotatable bonds is 3. The summed E-state index contributed by atoms with van der Waals surface area (Å²) in [6.07, 6.45) is 8.11. The van der Waals surface area contributed by atoms with Crippen molar-refractivity contribution in [2.45, 2.75) is 38.6 Å². The number of benzene rings is 1. The molecule has 1 fully saturated rings. The summed E-state index contributed by atoms with van der Waals surface area (Å²) in [4.78, 5) is 16.3. The van der Waals surface area contributed by atoms with Gasteiger partial charge < -0.3 is 5.32 Å². The Morgan fingerprint density at radius 2 is 2.21 bits per heavy atom. The molecular weight excluding hydrogens is 236 g/mol. The lowest BCUT2D eigenvalue weighted by molar-refractivity contribution is 0.0950. The normalized spacial score (nSPS) is 18.1. The number of amides is 1. The summed E-state index contributed by atoms with van der Waals surface area (Å²) in [7, 11) is 0. The molecule has 1 heterocycles. The van der Waals surface area contributed by atoms with Gasteiger partial charge >= 0.3 is 0 Å². The van der Waals surface area contributed by atoms with Crippen molar-refractivity contribution >= 4 is 17.7 Å². The van der Waals surface area contributed by atoms with E-state index in [0.717, 1.165) is 36.8 Å². The first kappa shape index (κ1) is 12.2. The molecule has 2 aliphatic rings. The standard InChI is InChI=1S/C16H18N2O/c1-11-9-12(13-3-2-8-17-10-13)4-7-15(11)16(19)18-14-5-6-14/h4,7-10,14H,2-3,5-6H2,1H3,(H,18,19). The summed E-state index contributed by atoms with van der Waals surface area (Å²) in [6.45, 7) is 2.00. The average Bonchev–Trinajstić information content (AvgIpc) is 3.23. The SMILES string of the molecule is Cc1cc(C2=CN=CCC2)ccc1C(=O)NC1CC1. The monoisotopic (exact) mass is 254 g/mol. The zero-order chi connectivity index (χ0) is 13.2. The van der Waals surface area contributed by atoms with Crippen LogP contribution in [0.2, 0.25) is 0 Å². The van der Waals surface area contributed by atoms with Gasteiger partial charge in [-0.05, 0) is 55.4 Å². The number of aryl methyl sites for hydroxylation is 1. The fraction of sp³-hybridized carbons (Fsp3) is 0.375. The molecule has 3 heteroatoms. The third-order valence-electron chi connectivity index (χ3n) is 3.63. The van der Waals surface area contributed by atoms with Crippen LogP contribution in [-0.4, -0.2) is 18.2 Å². The zero-order valence-corrected chi connectivity index (χ0v) is 11.1. The summed E-state index contributed by atoms with van der Waals surface area (Å²) < 4.78 is 0. The van der Waals surface area contributed by atoms with Gasteiger partial charge in [-0.25, -0.2) is 0 Å². The maximum absolute atomic E-state index is 12.1. The molecular formula is C16H18N2O. The van der Waals surface area contributed by atoms with E-state index in [1.807, 2.05) is 31.5 Å². The molecule has 1 saturated carbocycles. The van der Waals surface area contributed by atoms with Crippen molar-refractivity contribution in [1.29, 1.82) is 0 Å². The smallest absolute Gasteiger partial charge is 0.251 e. The van der Waals surface area contributed by atoms with Crippen molar-refractivity contribution in [3.63, 3.8) is 0 Å². The topological polar surface area (TPSA) is 41.5 Å². The highest BCUT2D eigenvalue weighted by molar-refractivity contribution is 5.96. The second kappa shape index (κ2) is 5.00. The van der Waals surface area contributed by atoms with Crippen molar-refractivity contribution < 1.29 is 4.79 Å². The number of nitrogens with one attached hydrogen (secondary N) is 1. The first-order chi connectivity index (χ1) is 9.24. The van der Waals surface area contributed by atoms with Crippen molar-refractivity contribution in [2.24, 2.45) is 4.99 Å². The Kier molecular flexibility index (Phi) is 3.20. The second-order valence-corrected chi connectivity index (χ2v) is 5.30. The molecule has 3 nitrogen and oxygen atoms in total. The molecule has 0 saturated heterocycles. The van der Waals surface area contributed by atoms with Crippen LogP contribution < -0.4 is 5.32 Å². The second-order valence-electron chi connectivity index (χ2n) is 5.30. The minimum absolute atomic E-state index is 0.0576. The van der Waals surface area contributed by atoms with Gasteiger partial charge in [0.25, 0.3) is 5.91 Å². The summed E-state index contributed by atoms with van der Waals surface area (Å²) >= 11 is 0. The van der Waals surface area contributed by atoms with Crippen LogP contribution in [0.25, 0.3) is 5.57 Å². The predicted octanol–water partition coefficient (Wildman–Crippen LogP) is 3.09. The van der Waals surface area contributed by atoms with E-state index < -0.39 is 0 Å². The first-order valence-corrected chi connectivity index (χ1v) is 6.86. The van der Waals surface area contributed by atoms with Gasteiger partial charge in [-0.2, -0.15) is 0 Å². The predicted molar refractivity (Wildman–Crippen MR) is 77.4 cm³/mol. The minimum atomic E-state index is 0.0576. The third-order valence-corrected chi connectivity index (χ3v) is 3.63. The van der Waals surface area contributed by atoms with Crippen LogP contribution in [0.3, 0.4) is 0 Å². The van der Waals surface area contributed by atoms with Crippen LogP contribution in [-0.2, 0) is 0 Å². The van der Waals surface area contributed by atoms with Crippen LogP contribution in [0.1, 0.15) is 47.2 Å². The van der Waals surface area contributed by atoms with Crippen LogP contribution >= 0.6 is 0 Å². The largest absolute Gasteiger partial charge is 0.349 e. The summed E-state index contributed by atoms with van der Waals surface area (Å²) in [5, 5.41) is 3.03. The zero-order valence-electron chi connectivity index (χ0n) is 11.1. The third kappa shape index (κ3) is 2.75. The lowest BCUT2D eigenvalue weighted by atomic mass is 9.96. The minimum Gasteiger partial charge on any atom is -0.349 e. The molecule has 1 aromatic carbocycles. The van der Waals surface area contributed by atoms with E-state index in [0.29, 0.717) is 6.04 Å². The Morgan fingerprint density at radius 3 is 2.84 bits per heavy atom. The van der Waals surface area contributed by atoms with Crippen LogP contribution in [0.4, 0.5) is 0 Å². The molecule has 0 radical (unpaired) electrons. The van der Waals surface area contributed by atoms with Gasteiger partial charge in [0, 0.05) is 24.0 Å². The maximum Gasteiger partial charge on any atom is 0.251 e. The van der Waals surface area contributed by atoms with Gasteiger partial charge in [0.05, 0.1) is 0 Å². The lowest BCUT2D eigenvalue weighted by Crippen LogP contribution is -2.26. The van der Waals surface area contributed by atoms with Gasteiger partial charge in [-0.1, -0.05) is 12.1 Å². The summed E-state index contributed by atoms with van der Waals surface area (Å²) in [5.74, 6) is 0.0576. The van der Waals surface area contributed by atoms with Gasteiger partial charge in [0.1, 0.15) is 0 Å². The molecule has 0 spiro atoms. The van der Waals surface area contributed by atoms with Gasteiger partial charge in [0.2, 0.25) is 0 Å². The number of aliphatic imine (C=N–C) groups is 1. The molecule has 3 rings (SSSR count). The molecule has 1 aliphatic heterocycles. The van der Waals surface area contributed by atoms with E-state index in [2.05, 4.69) is 16.4 Å². The maximum atomic E-state index is 12.1. The number of carbonyl (C=O) groups excluding carboxylic acids is 1. The number of hydrogen-bond donors (Lipinski definition) is 1. The van der Waals surface area contributed by atoms with E-state index >= 15 is 0 Å². The first-order valence-electron chi connectivity index (χ1n) is 6.86. The van der Waals surface area contributed by atoms with Crippen molar-refractivity contribution in [3.8, 4) is 0 Å². The fourth-order valence-corrected chi connectivity index (χ4v) is 2.33. The van der Waals surface area contributed by atoms with Crippen molar-refractivity contribution in [1.82, 2.24) is 5.32 Å². The molecule has 98 valence electrons. The Bertz CT molecular complexity index is 568. The van der Waals surface area contributed by atoms with Crippen LogP contribution in [0, 0.1) is 6.92 Å². The Hall–Kier alpha value is -1.90. The van der Waals surface area contributed by atoms with E-state index in [-0.39, 0.29) is 5.91 Å². The molecule has 0 aromatic heterocycles. The quantitative estimate of drug-likeness (QED) is 0.884. The Morgan fingerprint density at radius 1 is 1.37 bits per heavy atom. The lowest BCUT2D eigenvalue weighted by Gasteiger charge is -2.12. The molecule has 0 bridgehead atoms. The molecule has 1 amide bonds. The highest BCUT2D eigenvalue weighted by Crippen LogP contribution is 2.25. The number of carbonyl (C=O) groups is 1. The number of allylic oxidation sites excluding steroid dienone is 1. The van der Waals surface area contributed by atoms with E-state index in [1.54, 1.807) is 0 Å². The van der Waals surface area contributed by atoms with E-state index in [9.17, 15) is 4.79 Å².